The van der Waals surface area contributed by atoms with Gasteiger partial charge in [0.25, 0.3) is 11.5 Å². The van der Waals surface area contributed by atoms with E-state index in [1.54, 1.807) is 22.9 Å². The second-order valence-electron chi connectivity index (χ2n) is 7.83. The van der Waals surface area contributed by atoms with Gasteiger partial charge in [0.2, 0.25) is 0 Å². The molecule has 0 aliphatic rings. The summed E-state index contributed by atoms with van der Waals surface area (Å²) in [4.78, 5) is 31.2. The van der Waals surface area contributed by atoms with E-state index in [2.05, 4.69) is 10.3 Å². The molecule has 0 bridgehead atoms. The summed E-state index contributed by atoms with van der Waals surface area (Å²) >= 11 is 6.38. The van der Waals surface area contributed by atoms with Crippen molar-refractivity contribution in [3.63, 3.8) is 0 Å². The number of para-hydroxylation sites is 2. The van der Waals surface area contributed by atoms with E-state index in [1.165, 1.54) is 0 Å². The van der Waals surface area contributed by atoms with Crippen molar-refractivity contribution in [2.75, 3.05) is 0 Å². The summed E-state index contributed by atoms with van der Waals surface area (Å²) in [6, 6.07) is 25.4. The molecule has 1 amide bonds. The minimum atomic E-state index is -0.465. The number of aromatic nitrogens is 2. The van der Waals surface area contributed by atoms with Crippen LogP contribution >= 0.6 is 11.6 Å². The molecule has 2 aromatic heterocycles. The van der Waals surface area contributed by atoms with Gasteiger partial charge in [-0.05, 0) is 48.7 Å². The quantitative estimate of drug-likeness (QED) is 0.380. The van der Waals surface area contributed by atoms with Crippen LogP contribution in [0.3, 0.4) is 0 Å². The van der Waals surface area contributed by atoms with Crippen molar-refractivity contribution in [2.45, 2.75) is 13.0 Å². The molecule has 5 aromatic rings. The van der Waals surface area contributed by atoms with Crippen molar-refractivity contribution in [3.05, 3.63) is 118 Å². The highest BCUT2D eigenvalue weighted by Gasteiger charge is 2.20. The fraction of sp³-hybridized carbons (Fsp3) is 0.0741. The number of nitrogens with one attached hydrogen (secondary N) is 1. The van der Waals surface area contributed by atoms with Crippen LogP contribution in [0.1, 0.15) is 29.0 Å². The standard InChI is InChI=1S/C27H20ClN3O2/c1-17(30-26(32)21-13-5-8-18-10-7-15-29-25(18)21)23-16-19-9-6-14-22(28)24(19)27(33)31(23)20-11-3-2-4-12-20/h2-17H,1H3,(H,30,32)/t17-/m0/s1. The van der Waals surface area contributed by atoms with E-state index in [1.807, 2.05) is 79.7 Å². The molecular weight excluding hydrogens is 434 g/mol. The molecule has 0 radical (unpaired) electrons. The Labute approximate surface area is 195 Å². The topological polar surface area (TPSA) is 64.0 Å². The van der Waals surface area contributed by atoms with Crippen LogP contribution in [0, 0.1) is 0 Å². The summed E-state index contributed by atoms with van der Waals surface area (Å²) in [6.07, 6.45) is 1.67. The largest absolute Gasteiger partial charge is 0.344 e. The number of fused-ring (bicyclic) bond motifs is 2. The first-order valence-electron chi connectivity index (χ1n) is 10.6. The van der Waals surface area contributed by atoms with Crippen LogP contribution in [0.5, 0.6) is 0 Å². The third-order valence-electron chi connectivity index (χ3n) is 5.71. The van der Waals surface area contributed by atoms with Crippen molar-refractivity contribution in [1.29, 1.82) is 0 Å². The Morgan fingerprint density at radius 3 is 2.48 bits per heavy atom. The number of carbonyl (C=O) groups excluding carboxylic acids is 1. The predicted octanol–water partition coefficient (Wildman–Crippen LogP) is 5.68. The number of pyridine rings is 2. The molecule has 0 aliphatic heterocycles. The number of nitrogens with zero attached hydrogens (tertiary/aromatic N) is 2. The maximum absolute atomic E-state index is 13.6. The van der Waals surface area contributed by atoms with E-state index in [0.717, 1.165) is 10.8 Å². The lowest BCUT2D eigenvalue weighted by Crippen LogP contribution is -2.32. The molecule has 0 unspecified atom stereocenters. The molecular formula is C27H20ClN3O2. The zero-order valence-electron chi connectivity index (χ0n) is 17.8. The lowest BCUT2D eigenvalue weighted by molar-refractivity contribution is 0.0940. The summed E-state index contributed by atoms with van der Waals surface area (Å²) in [6.45, 7) is 1.86. The van der Waals surface area contributed by atoms with E-state index in [9.17, 15) is 9.59 Å². The molecule has 0 aliphatic carbocycles. The van der Waals surface area contributed by atoms with Gasteiger partial charge in [-0.1, -0.05) is 60.1 Å². The van der Waals surface area contributed by atoms with E-state index in [-0.39, 0.29) is 11.5 Å². The summed E-state index contributed by atoms with van der Waals surface area (Å²) in [5.74, 6) is -0.259. The molecule has 1 atom stereocenters. The van der Waals surface area contributed by atoms with Crippen LogP contribution in [0.4, 0.5) is 0 Å². The lowest BCUT2D eigenvalue weighted by atomic mass is 10.1. The molecule has 6 heteroatoms. The highest BCUT2D eigenvalue weighted by Crippen LogP contribution is 2.26. The first-order valence-corrected chi connectivity index (χ1v) is 11.0. The lowest BCUT2D eigenvalue weighted by Gasteiger charge is -2.21. The third kappa shape index (κ3) is 3.77. The zero-order valence-corrected chi connectivity index (χ0v) is 18.6. The fourth-order valence-corrected chi connectivity index (χ4v) is 4.40. The summed E-state index contributed by atoms with van der Waals surface area (Å²) in [5, 5.41) is 5.51. The molecule has 0 fully saturated rings. The van der Waals surface area contributed by atoms with Crippen molar-refractivity contribution >= 4 is 39.2 Å². The van der Waals surface area contributed by atoms with Crippen molar-refractivity contribution < 1.29 is 4.79 Å². The van der Waals surface area contributed by atoms with E-state index >= 15 is 0 Å². The van der Waals surface area contributed by atoms with Gasteiger partial charge in [-0.2, -0.15) is 0 Å². The van der Waals surface area contributed by atoms with Gasteiger partial charge in [0, 0.05) is 23.0 Å². The second-order valence-corrected chi connectivity index (χ2v) is 8.23. The van der Waals surface area contributed by atoms with Crippen LogP contribution in [0.15, 0.2) is 95.9 Å². The van der Waals surface area contributed by atoms with Gasteiger partial charge in [0.15, 0.2) is 0 Å². The van der Waals surface area contributed by atoms with Crippen LogP contribution < -0.4 is 10.9 Å². The first kappa shape index (κ1) is 20.9. The number of hydrogen-bond acceptors (Lipinski definition) is 3. The smallest absolute Gasteiger partial charge is 0.264 e. The molecule has 33 heavy (non-hydrogen) atoms. The summed E-state index contributed by atoms with van der Waals surface area (Å²) < 4.78 is 1.61. The Bertz CT molecular complexity index is 1560. The van der Waals surface area contributed by atoms with Crippen molar-refractivity contribution in [3.8, 4) is 5.69 Å². The Morgan fingerprint density at radius 1 is 0.939 bits per heavy atom. The Balaban J connectivity index is 1.63. The predicted molar refractivity (Wildman–Crippen MR) is 132 cm³/mol. The summed E-state index contributed by atoms with van der Waals surface area (Å²) in [5.41, 5.74) is 2.25. The number of amides is 1. The van der Waals surface area contributed by atoms with Crippen LogP contribution in [-0.2, 0) is 0 Å². The molecule has 162 valence electrons. The highest BCUT2D eigenvalue weighted by molar-refractivity contribution is 6.35. The molecule has 3 aromatic carbocycles. The van der Waals surface area contributed by atoms with Gasteiger partial charge in [-0.3, -0.25) is 19.1 Å². The number of rotatable bonds is 4. The monoisotopic (exact) mass is 453 g/mol. The van der Waals surface area contributed by atoms with Gasteiger partial charge >= 0.3 is 0 Å². The number of hydrogen-bond donors (Lipinski definition) is 1. The van der Waals surface area contributed by atoms with Crippen molar-refractivity contribution in [1.82, 2.24) is 14.9 Å². The van der Waals surface area contributed by atoms with Gasteiger partial charge in [-0.15, -0.1) is 0 Å². The summed E-state index contributed by atoms with van der Waals surface area (Å²) in [7, 11) is 0. The molecule has 5 nitrogen and oxygen atoms in total. The SMILES string of the molecule is C[C@H](NC(=O)c1cccc2cccnc12)c1cc2cccc(Cl)c2c(=O)n1-c1ccccc1. The molecule has 1 N–H and O–H groups in total. The molecule has 0 spiro atoms. The zero-order chi connectivity index (χ0) is 22.9. The Morgan fingerprint density at radius 2 is 1.67 bits per heavy atom. The van der Waals surface area contributed by atoms with Crippen LogP contribution in [0.2, 0.25) is 5.02 Å². The molecule has 0 saturated carbocycles. The van der Waals surface area contributed by atoms with Gasteiger partial charge < -0.3 is 5.32 Å². The fourth-order valence-electron chi connectivity index (χ4n) is 4.14. The van der Waals surface area contributed by atoms with Crippen LogP contribution in [0.25, 0.3) is 27.4 Å². The minimum Gasteiger partial charge on any atom is -0.344 e. The average molecular weight is 454 g/mol. The molecule has 5 rings (SSSR count). The average Bonchev–Trinajstić information content (AvgIpc) is 2.84. The number of benzene rings is 3. The second kappa shape index (κ2) is 8.52. The maximum atomic E-state index is 13.6. The van der Waals surface area contributed by atoms with E-state index < -0.39 is 6.04 Å². The Hall–Kier alpha value is -3.96. The third-order valence-corrected chi connectivity index (χ3v) is 6.02. The van der Waals surface area contributed by atoms with Gasteiger partial charge in [0.05, 0.1) is 27.5 Å². The minimum absolute atomic E-state index is 0.229. The number of carbonyl (C=O) groups is 1. The number of halogens is 1. The normalized spacial score (nSPS) is 12.1. The highest BCUT2D eigenvalue weighted by atomic mass is 35.5. The first-order chi connectivity index (χ1) is 16.0. The van der Waals surface area contributed by atoms with E-state index in [0.29, 0.717) is 32.9 Å². The molecule has 0 saturated heterocycles. The van der Waals surface area contributed by atoms with Crippen molar-refractivity contribution in [2.24, 2.45) is 0 Å². The molecule has 2 heterocycles. The van der Waals surface area contributed by atoms with Gasteiger partial charge in [-0.25, -0.2) is 0 Å². The maximum Gasteiger partial charge on any atom is 0.264 e. The van der Waals surface area contributed by atoms with Gasteiger partial charge in [0.1, 0.15) is 0 Å². The Kier molecular flexibility index (Phi) is 5.40. The van der Waals surface area contributed by atoms with Crippen LogP contribution in [-0.4, -0.2) is 15.5 Å². The van der Waals surface area contributed by atoms with E-state index in [4.69, 9.17) is 11.6 Å².